The highest BCUT2D eigenvalue weighted by molar-refractivity contribution is 7.99. The van der Waals surface area contributed by atoms with E-state index in [-0.39, 0.29) is 29.8 Å². The van der Waals surface area contributed by atoms with Crippen LogP contribution in [-0.2, 0) is 11.3 Å². The third-order valence-corrected chi connectivity index (χ3v) is 5.87. The number of thioether (sulfide) groups is 1. The molecule has 2 N–H and O–H groups in total. The van der Waals surface area contributed by atoms with Crippen molar-refractivity contribution in [3.05, 3.63) is 89.4 Å². The molecule has 0 spiro atoms. The Morgan fingerprint density at radius 1 is 1.09 bits per heavy atom. The van der Waals surface area contributed by atoms with Crippen molar-refractivity contribution in [3.8, 4) is 5.69 Å². The minimum Gasteiger partial charge on any atom is -0.459 e. The number of anilines is 1. The maximum absolute atomic E-state index is 13.5. The number of hydrogen-bond donors (Lipinski definition) is 2. The van der Waals surface area contributed by atoms with Crippen LogP contribution in [-0.4, -0.2) is 32.3 Å². The molecule has 0 saturated carbocycles. The molecule has 0 radical (unpaired) electrons. The first kappa shape index (κ1) is 23.2. The van der Waals surface area contributed by atoms with E-state index in [1.807, 2.05) is 32.0 Å². The highest BCUT2D eigenvalue weighted by Gasteiger charge is 2.18. The predicted molar refractivity (Wildman–Crippen MR) is 126 cm³/mol. The van der Waals surface area contributed by atoms with E-state index < -0.39 is 5.91 Å². The quantitative estimate of drug-likeness (QED) is 0.366. The number of benzene rings is 2. The molecule has 4 aromatic rings. The maximum atomic E-state index is 13.5. The molecule has 4 rings (SSSR count). The molecule has 2 amide bonds. The molecule has 0 aliphatic heterocycles. The number of rotatable bonds is 8. The van der Waals surface area contributed by atoms with E-state index in [0.29, 0.717) is 16.7 Å². The van der Waals surface area contributed by atoms with Crippen molar-refractivity contribution in [2.75, 3.05) is 11.1 Å². The number of hydrogen-bond acceptors (Lipinski definition) is 6. The molecule has 174 valence electrons. The zero-order valence-electron chi connectivity index (χ0n) is 18.5. The van der Waals surface area contributed by atoms with Crippen molar-refractivity contribution in [2.45, 2.75) is 25.5 Å². The molecule has 0 unspecified atom stereocenters. The third-order valence-electron chi connectivity index (χ3n) is 4.94. The van der Waals surface area contributed by atoms with E-state index in [2.05, 4.69) is 20.8 Å². The molecule has 0 aliphatic rings. The van der Waals surface area contributed by atoms with Crippen LogP contribution in [0.25, 0.3) is 5.69 Å². The Morgan fingerprint density at radius 3 is 2.62 bits per heavy atom. The normalized spacial score (nSPS) is 10.8. The van der Waals surface area contributed by atoms with E-state index >= 15 is 0 Å². The highest BCUT2D eigenvalue weighted by atomic mass is 32.2. The molecule has 2 heterocycles. The highest BCUT2D eigenvalue weighted by Crippen LogP contribution is 2.23. The number of nitrogens with one attached hydrogen (secondary N) is 2. The van der Waals surface area contributed by atoms with Crippen LogP contribution in [0.2, 0.25) is 0 Å². The first-order valence-corrected chi connectivity index (χ1v) is 11.4. The molecule has 0 bridgehead atoms. The fraction of sp³-hybridized carbons (Fsp3) is 0.167. The number of nitrogens with zero attached hydrogens (tertiary/aromatic N) is 3. The lowest BCUT2D eigenvalue weighted by Crippen LogP contribution is -2.24. The molecule has 0 aliphatic carbocycles. The van der Waals surface area contributed by atoms with Gasteiger partial charge in [0.05, 0.1) is 18.6 Å². The summed E-state index contributed by atoms with van der Waals surface area (Å²) in [6.45, 7) is 3.94. The summed E-state index contributed by atoms with van der Waals surface area (Å²) in [5.74, 6) is -0.298. The average molecular weight is 480 g/mol. The van der Waals surface area contributed by atoms with E-state index in [4.69, 9.17) is 4.42 Å². The molecule has 0 atom stereocenters. The lowest BCUT2D eigenvalue weighted by atomic mass is 10.1. The van der Waals surface area contributed by atoms with Crippen LogP contribution in [0.15, 0.2) is 70.4 Å². The second kappa shape index (κ2) is 10.3. The minimum atomic E-state index is -0.402. The van der Waals surface area contributed by atoms with Crippen LogP contribution in [0.3, 0.4) is 0 Å². The van der Waals surface area contributed by atoms with Crippen LogP contribution < -0.4 is 10.6 Å². The molecule has 2 aromatic carbocycles. The second-order valence-electron chi connectivity index (χ2n) is 7.53. The number of aryl methyl sites for hydroxylation is 2. The van der Waals surface area contributed by atoms with Crippen molar-refractivity contribution >= 4 is 29.3 Å². The summed E-state index contributed by atoms with van der Waals surface area (Å²) in [5, 5.41) is 14.4. The van der Waals surface area contributed by atoms with Gasteiger partial charge in [0.25, 0.3) is 5.91 Å². The van der Waals surface area contributed by atoms with Crippen molar-refractivity contribution in [3.63, 3.8) is 0 Å². The van der Waals surface area contributed by atoms with Crippen LogP contribution >= 0.6 is 11.8 Å². The lowest BCUT2D eigenvalue weighted by molar-refractivity contribution is -0.113. The van der Waals surface area contributed by atoms with Gasteiger partial charge in [0, 0.05) is 11.4 Å². The van der Waals surface area contributed by atoms with Gasteiger partial charge in [0.2, 0.25) is 5.91 Å². The van der Waals surface area contributed by atoms with Gasteiger partial charge in [-0.3, -0.25) is 14.2 Å². The molecule has 0 saturated heterocycles. The Bertz CT molecular complexity index is 1300. The van der Waals surface area contributed by atoms with E-state index in [1.165, 1.54) is 30.2 Å². The van der Waals surface area contributed by atoms with Crippen LogP contribution in [0.4, 0.5) is 10.1 Å². The Kier molecular flexibility index (Phi) is 7.07. The molecular weight excluding hydrogens is 457 g/mol. The zero-order chi connectivity index (χ0) is 24.1. The summed E-state index contributed by atoms with van der Waals surface area (Å²) in [7, 11) is 0. The summed E-state index contributed by atoms with van der Waals surface area (Å²) in [6, 6.07) is 14.8. The lowest BCUT2D eigenvalue weighted by Gasteiger charge is -2.11. The predicted octanol–water partition coefficient (Wildman–Crippen LogP) is 4.28. The summed E-state index contributed by atoms with van der Waals surface area (Å²) in [4.78, 5) is 24.8. The van der Waals surface area contributed by atoms with E-state index in [1.54, 1.807) is 28.8 Å². The molecule has 8 nitrogen and oxygen atoms in total. The fourth-order valence-electron chi connectivity index (χ4n) is 3.20. The SMILES string of the molecule is Cc1ccc(C)c(NC(=O)CSc2nnc(CNC(=O)c3ccco3)n2-c2ccc(F)cc2)c1. The monoisotopic (exact) mass is 479 g/mol. The van der Waals surface area contributed by atoms with Crippen molar-refractivity contribution < 1.29 is 18.4 Å². The number of furan rings is 1. The van der Waals surface area contributed by atoms with Crippen LogP contribution in [0.5, 0.6) is 0 Å². The number of amides is 2. The number of halogens is 1. The Labute approximate surface area is 199 Å². The van der Waals surface area contributed by atoms with Crippen molar-refractivity contribution in [2.24, 2.45) is 0 Å². The summed E-state index contributed by atoms with van der Waals surface area (Å²) < 4.78 is 20.3. The van der Waals surface area contributed by atoms with Crippen molar-refractivity contribution in [1.82, 2.24) is 20.1 Å². The van der Waals surface area contributed by atoms with E-state index in [0.717, 1.165) is 16.8 Å². The van der Waals surface area contributed by atoms with Gasteiger partial charge in [-0.1, -0.05) is 23.9 Å². The van der Waals surface area contributed by atoms with Gasteiger partial charge in [-0.15, -0.1) is 10.2 Å². The van der Waals surface area contributed by atoms with Gasteiger partial charge in [-0.25, -0.2) is 4.39 Å². The van der Waals surface area contributed by atoms with Gasteiger partial charge in [-0.2, -0.15) is 0 Å². The minimum absolute atomic E-state index is 0.0547. The summed E-state index contributed by atoms with van der Waals surface area (Å²) >= 11 is 1.19. The average Bonchev–Trinajstić information content (AvgIpc) is 3.49. The largest absolute Gasteiger partial charge is 0.459 e. The third kappa shape index (κ3) is 5.52. The first-order valence-electron chi connectivity index (χ1n) is 10.4. The molecule has 10 heteroatoms. The molecule has 2 aromatic heterocycles. The fourth-order valence-corrected chi connectivity index (χ4v) is 3.97. The summed E-state index contributed by atoms with van der Waals surface area (Å²) in [6.07, 6.45) is 1.41. The Balaban J connectivity index is 1.50. The van der Waals surface area contributed by atoms with Crippen LogP contribution in [0, 0.1) is 19.7 Å². The Hall–Kier alpha value is -3.92. The van der Waals surface area contributed by atoms with Gasteiger partial charge >= 0.3 is 0 Å². The number of carbonyl (C=O) groups excluding carboxylic acids is 2. The first-order chi connectivity index (χ1) is 16.4. The smallest absolute Gasteiger partial charge is 0.287 e. The maximum Gasteiger partial charge on any atom is 0.287 e. The molecular formula is C24H22FN5O3S. The topological polar surface area (TPSA) is 102 Å². The number of carbonyl (C=O) groups is 2. The van der Waals surface area contributed by atoms with Gasteiger partial charge in [-0.05, 0) is 67.4 Å². The van der Waals surface area contributed by atoms with Gasteiger partial charge in [0.1, 0.15) is 5.82 Å². The zero-order valence-corrected chi connectivity index (χ0v) is 19.4. The number of aromatic nitrogens is 3. The second-order valence-corrected chi connectivity index (χ2v) is 8.47. The van der Waals surface area contributed by atoms with E-state index in [9.17, 15) is 14.0 Å². The van der Waals surface area contributed by atoms with Crippen molar-refractivity contribution in [1.29, 1.82) is 0 Å². The van der Waals surface area contributed by atoms with Gasteiger partial charge in [0.15, 0.2) is 16.7 Å². The summed E-state index contributed by atoms with van der Waals surface area (Å²) in [5.41, 5.74) is 3.37. The molecule has 34 heavy (non-hydrogen) atoms. The standard InChI is InChI=1S/C24H22FN5O3S/c1-15-5-6-16(2)19(12-15)27-22(31)14-34-24-29-28-21(13-26-23(32)20-4-3-11-33-20)30(24)18-9-7-17(25)8-10-18/h3-12H,13-14H2,1-2H3,(H,26,32)(H,27,31). The Morgan fingerprint density at radius 2 is 1.88 bits per heavy atom. The molecule has 0 fully saturated rings. The van der Waals surface area contributed by atoms with Gasteiger partial charge < -0.3 is 15.1 Å². The van der Waals surface area contributed by atoms with Crippen LogP contribution in [0.1, 0.15) is 27.5 Å².